The summed E-state index contributed by atoms with van der Waals surface area (Å²) in [6.45, 7) is 2.17. The molecule has 7 heteroatoms. The van der Waals surface area contributed by atoms with Crippen molar-refractivity contribution in [3.8, 4) is 0 Å². The fraction of sp³-hybridized carbons (Fsp3) is 0.214. The van der Waals surface area contributed by atoms with Gasteiger partial charge in [-0.15, -0.1) is 0 Å². The summed E-state index contributed by atoms with van der Waals surface area (Å²) in [5, 5.41) is 14.4. The highest BCUT2D eigenvalue weighted by atomic mass is 32.2. The Morgan fingerprint density at radius 2 is 1.37 bits per heavy atom. The van der Waals surface area contributed by atoms with E-state index in [2.05, 4.69) is 77.8 Å². The molecule has 0 radical (unpaired) electrons. The molecule has 1 unspecified atom stereocenters. The van der Waals surface area contributed by atoms with E-state index in [1.54, 1.807) is 13.3 Å². The number of methoxy groups -OCH3 is 1. The molecule has 0 aliphatic heterocycles. The summed E-state index contributed by atoms with van der Waals surface area (Å²) in [5.74, 6) is 0.586. The van der Waals surface area contributed by atoms with Crippen LogP contribution in [0.25, 0.3) is 0 Å². The summed E-state index contributed by atoms with van der Waals surface area (Å²) in [7, 11) is -0.892. The van der Waals surface area contributed by atoms with Crippen LogP contribution in [0.15, 0.2) is 107 Å². The predicted octanol–water partition coefficient (Wildman–Crippen LogP) is 4.90. The molecule has 0 amide bonds. The molecular weight excluding hydrogens is 473 g/mol. The maximum absolute atomic E-state index is 10.4. The molecule has 3 aromatic carbocycles. The van der Waals surface area contributed by atoms with Crippen molar-refractivity contribution in [2.75, 3.05) is 26.6 Å². The summed E-state index contributed by atoms with van der Waals surface area (Å²) < 4.78 is 11.1. The van der Waals surface area contributed by atoms with Crippen LogP contribution in [-0.2, 0) is 10.2 Å². The van der Waals surface area contributed by atoms with Crippen molar-refractivity contribution in [3.63, 3.8) is 0 Å². The third kappa shape index (κ3) is 5.12. The molecule has 1 heterocycles. The second-order valence-electron chi connectivity index (χ2n) is 8.49. The van der Waals surface area contributed by atoms with E-state index in [1.165, 1.54) is 11.8 Å². The average molecular weight is 504 g/mol. The van der Waals surface area contributed by atoms with Crippen LogP contribution in [0.1, 0.15) is 12.5 Å². The van der Waals surface area contributed by atoms with Crippen molar-refractivity contribution in [2.45, 2.75) is 17.5 Å². The smallest absolute Gasteiger partial charge is 0.189 e. The molecule has 0 spiro atoms. The van der Waals surface area contributed by atoms with Gasteiger partial charge in [0.25, 0.3) is 0 Å². The molecule has 4 aromatic rings. The lowest BCUT2D eigenvalue weighted by Crippen LogP contribution is -2.33. The van der Waals surface area contributed by atoms with Crippen LogP contribution in [0, 0.1) is 0 Å². The van der Waals surface area contributed by atoms with Crippen LogP contribution in [0.4, 0.5) is 5.82 Å². The van der Waals surface area contributed by atoms with E-state index in [0.717, 1.165) is 21.5 Å². The summed E-state index contributed by atoms with van der Waals surface area (Å²) in [6, 6.07) is 31.3. The maximum atomic E-state index is 10.4. The van der Waals surface area contributed by atoms with Crippen LogP contribution in [-0.4, -0.2) is 41.7 Å². The number of aromatic nitrogens is 2. The second kappa shape index (κ2) is 11.3. The van der Waals surface area contributed by atoms with Crippen molar-refractivity contribution in [1.29, 1.82) is 0 Å². The van der Waals surface area contributed by atoms with Gasteiger partial charge in [-0.05, 0) is 6.26 Å². The van der Waals surface area contributed by atoms with Crippen LogP contribution < -0.4 is 15.9 Å². The largest absolute Gasteiger partial charge is 0.395 e. The Morgan fingerprint density at radius 3 is 1.77 bits per heavy atom. The fourth-order valence-corrected chi connectivity index (χ4v) is 8.00. The van der Waals surface area contributed by atoms with Crippen molar-refractivity contribution < 1.29 is 9.84 Å². The number of ether oxygens (including phenoxy) is 1. The molecule has 1 aromatic heterocycles. The van der Waals surface area contributed by atoms with E-state index in [4.69, 9.17) is 14.5 Å². The molecule has 0 fully saturated rings. The monoisotopic (exact) mass is 503 g/mol. The highest BCUT2D eigenvalue weighted by Gasteiger charge is 2.33. The van der Waals surface area contributed by atoms with Gasteiger partial charge in [0.2, 0.25) is 0 Å². The lowest BCUT2D eigenvalue weighted by atomic mass is 9.85. The Balaban J connectivity index is 2.17. The normalized spacial score (nSPS) is 13.3. The highest BCUT2D eigenvalue weighted by molar-refractivity contribution is 7.98. The quantitative estimate of drug-likeness (QED) is 0.200. The van der Waals surface area contributed by atoms with Crippen molar-refractivity contribution in [3.05, 3.63) is 103 Å². The topological polar surface area (TPSA) is 67.6 Å². The van der Waals surface area contributed by atoms with Gasteiger partial charge in [-0.1, -0.05) is 110 Å². The zero-order valence-corrected chi connectivity index (χ0v) is 21.9. The Morgan fingerprint density at radius 1 is 0.886 bits per heavy atom. The molecule has 1 N–H and O–H groups in total. The number of rotatable bonds is 9. The maximum Gasteiger partial charge on any atom is 0.189 e. The first-order valence-corrected chi connectivity index (χ1v) is 14.3. The van der Waals surface area contributed by atoms with Crippen LogP contribution in [0.2, 0.25) is 0 Å². The summed E-state index contributed by atoms with van der Waals surface area (Å²) in [4.78, 5) is 9.44. The molecule has 4 rings (SSSR count). The van der Waals surface area contributed by atoms with Crippen molar-refractivity contribution in [2.24, 2.45) is 4.74 Å². The van der Waals surface area contributed by atoms with Gasteiger partial charge in [-0.25, -0.2) is 14.7 Å². The van der Waals surface area contributed by atoms with Gasteiger partial charge in [0, 0.05) is 40.2 Å². The van der Waals surface area contributed by atoms with Crippen molar-refractivity contribution in [1.82, 2.24) is 9.97 Å². The minimum atomic E-state index is -2.53. The SMILES string of the molecule is COCC(C)(CO)c1cnc(SC)nc1N=P(c1ccccc1)(c1ccccc1)c1ccccc1. The van der Waals surface area contributed by atoms with Gasteiger partial charge in [0.05, 0.1) is 20.3 Å². The standard InChI is InChI=1S/C28H30N3O2PS/c1-28(20-32,21-33-2)25-19-29-27(35-3)30-26(25)31-34(22-13-7-4-8-14-22,23-15-9-5-10-16-23)24-17-11-6-12-18-24/h4-19,32H,20-21H2,1-3H3. The lowest BCUT2D eigenvalue weighted by molar-refractivity contribution is 0.0926. The molecule has 0 saturated carbocycles. The van der Waals surface area contributed by atoms with E-state index in [9.17, 15) is 5.11 Å². The van der Waals surface area contributed by atoms with Crippen molar-refractivity contribution >= 4 is 40.5 Å². The summed E-state index contributed by atoms with van der Waals surface area (Å²) in [5.41, 5.74) is 0.0661. The summed E-state index contributed by atoms with van der Waals surface area (Å²) >= 11 is 1.47. The number of benzene rings is 3. The molecule has 5 nitrogen and oxygen atoms in total. The van der Waals surface area contributed by atoms with Gasteiger partial charge in [-0.2, -0.15) is 0 Å². The van der Waals surface area contributed by atoms with Gasteiger partial charge >= 0.3 is 0 Å². The first kappa shape index (κ1) is 25.3. The minimum absolute atomic E-state index is 0.112. The fourth-order valence-electron chi connectivity index (χ4n) is 4.18. The third-order valence-corrected chi connectivity index (χ3v) is 10.2. The minimum Gasteiger partial charge on any atom is -0.395 e. The van der Waals surface area contributed by atoms with E-state index in [0.29, 0.717) is 17.6 Å². The first-order valence-electron chi connectivity index (χ1n) is 11.4. The zero-order chi connectivity index (χ0) is 24.7. The molecule has 0 aliphatic rings. The Labute approximate surface area is 211 Å². The Bertz CT molecular complexity index is 1200. The average Bonchev–Trinajstić information content (AvgIpc) is 2.93. The van der Waals surface area contributed by atoms with Gasteiger partial charge in [-0.3, -0.25) is 0 Å². The van der Waals surface area contributed by atoms with Gasteiger partial charge in [0.15, 0.2) is 11.0 Å². The van der Waals surface area contributed by atoms with Crippen LogP contribution >= 0.6 is 18.8 Å². The third-order valence-electron chi connectivity index (χ3n) is 6.03. The molecule has 35 heavy (non-hydrogen) atoms. The molecule has 1 atom stereocenters. The van der Waals surface area contributed by atoms with Crippen LogP contribution in [0.3, 0.4) is 0 Å². The number of hydrogen-bond acceptors (Lipinski definition) is 6. The van der Waals surface area contributed by atoms with E-state index < -0.39 is 12.5 Å². The number of aliphatic hydroxyl groups is 1. The molecule has 180 valence electrons. The van der Waals surface area contributed by atoms with E-state index >= 15 is 0 Å². The lowest BCUT2D eigenvalue weighted by Gasteiger charge is -2.30. The number of hydrogen-bond donors (Lipinski definition) is 1. The van der Waals surface area contributed by atoms with E-state index in [1.807, 2.05) is 31.4 Å². The molecular formula is C28H30N3O2PS. The molecule has 0 bridgehead atoms. The Hall–Kier alpha value is -2.76. The second-order valence-corrected chi connectivity index (χ2v) is 12.3. The molecule has 0 saturated heterocycles. The summed E-state index contributed by atoms with van der Waals surface area (Å²) in [6.07, 6.45) is 3.75. The zero-order valence-electron chi connectivity index (χ0n) is 20.2. The van der Waals surface area contributed by atoms with Crippen LogP contribution in [0.5, 0.6) is 0 Å². The number of aliphatic hydroxyl groups excluding tert-OH is 1. The van der Waals surface area contributed by atoms with Gasteiger partial charge in [0.1, 0.15) is 0 Å². The van der Waals surface area contributed by atoms with E-state index in [-0.39, 0.29) is 6.61 Å². The molecule has 0 aliphatic carbocycles. The number of thioether (sulfide) groups is 1. The number of nitrogens with zero attached hydrogens (tertiary/aromatic N) is 3. The predicted molar refractivity (Wildman–Crippen MR) is 147 cm³/mol. The first-order chi connectivity index (χ1) is 17.1. The Kier molecular flexibility index (Phi) is 8.19. The van der Waals surface area contributed by atoms with Gasteiger partial charge < -0.3 is 9.84 Å². The highest BCUT2D eigenvalue weighted by Crippen LogP contribution is 2.50.